The van der Waals surface area contributed by atoms with Crippen LogP contribution in [0, 0.1) is 0 Å². The predicted octanol–water partition coefficient (Wildman–Crippen LogP) is -3.18. The Labute approximate surface area is 145 Å². The summed E-state index contributed by atoms with van der Waals surface area (Å²) in [7, 11) is 0. The molecule has 3 heterocycles. The topological polar surface area (TPSA) is 157 Å². The SMILES string of the molecule is O=C1CCC([O-])=N1.O=C1CCC([O-])=N1.O=C1CCC([O-])=N1.[Bi+3]. The first kappa shape index (κ1) is 20.3. The van der Waals surface area contributed by atoms with E-state index in [1.54, 1.807) is 0 Å². The molecule has 2 radical (unpaired) electrons. The van der Waals surface area contributed by atoms with E-state index in [1.807, 2.05) is 0 Å². The zero-order valence-corrected chi connectivity index (χ0v) is 15.0. The van der Waals surface area contributed by atoms with Crippen molar-refractivity contribution < 1.29 is 29.7 Å². The second kappa shape index (κ2) is 10.1. The molecule has 0 spiro atoms. The molecule has 9 nitrogen and oxygen atoms in total. The molecule has 0 aromatic heterocycles. The first-order chi connectivity index (χ1) is 9.86. The molecule has 0 unspecified atom stereocenters. The van der Waals surface area contributed by atoms with E-state index in [4.69, 9.17) is 0 Å². The Morgan fingerprint density at radius 2 is 0.773 bits per heavy atom. The van der Waals surface area contributed by atoms with Crippen LogP contribution >= 0.6 is 0 Å². The largest absolute Gasteiger partial charge is 3.00 e. The van der Waals surface area contributed by atoms with Gasteiger partial charge in [-0.1, -0.05) is 0 Å². The van der Waals surface area contributed by atoms with Crippen molar-refractivity contribution in [3.05, 3.63) is 0 Å². The van der Waals surface area contributed by atoms with Crippen molar-refractivity contribution in [3.8, 4) is 0 Å². The summed E-state index contributed by atoms with van der Waals surface area (Å²) in [6.45, 7) is 0. The maximum Gasteiger partial charge on any atom is 3.00 e. The molecule has 0 bridgehead atoms. The molecule has 0 aromatic carbocycles. The van der Waals surface area contributed by atoms with E-state index in [9.17, 15) is 29.7 Å². The molecular weight excluding hydrogens is 491 g/mol. The van der Waals surface area contributed by atoms with Crippen LogP contribution in [0.1, 0.15) is 38.5 Å². The number of hydrogen-bond donors (Lipinski definition) is 0. The molecule has 3 aliphatic heterocycles. The van der Waals surface area contributed by atoms with Crippen molar-refractivity contribution >= 4 is 61.6 Å². The van der Waals surface area contributed by atoms with Gasteiger partial charge in [-0.2, -0.15) is 0 Å². The number of nitrogens with zero attached hydrogens (tertiary/aromatic N) is 3. The van der Waals surface area contributed by atoms with Crippen molar-refractivity contribution in [2.45, 2.75) is 38.5 Å². The number of aliphatic imine (C=N–C) groups is 3. The fourth-order valence-electron chi connectivity index (χ4n) is 1.39. The molecule has 0 aromatic rings. The van der Waals surface area contributed by atoms with Gasteiger partial charge < -0.3 is 15.3 Å². The molecule has 0 saturated carbocycles. The molecule has 10 heteroatoms. The Hall–Kier alpha value is -1.70. The van der Waals surface area contributed by atoms with Crippen molar-refractivity contribution in [2.75, 3.05) is 0 Å². The van der Waals surface area contributed by atoms with E-state index in [2.05, 4.69) is 15.0 Å². The minimum Gasteiger partial charge on any atom is -0.862 e. The molecule has 0 aliphatic carbocycles. The molecule has 3 amide bonds. The maximum atomic E-state index is 10.1. The summed E-state index contributed by atoms with van der Waals surface area (Å²) in [5.74, 6) is -1.64. The van der Waals surface area contributed by atoms with Gasteiger partial charge in [0.05, 0.1) is 0 Å². The van der Waals surface area contributed by atoms with Crippen LogP contribution in [0.5, 0.6) is 0 Å². The average molecular weight is 503 g/mol. The first-order valence-corrected chi connectivity index (χ1v) is 6.19. The molecule has 116 valence electrons. The van der Waals surface area contributed by atoms with Crippen molar-refractivity contribution in [1.82, 2.24) is 0 Å². The zero-order valence-electron chi connectivity index (χ0n) is 11.5. The summed E-state index contributed by atoms with van der Waals surface area (Å²) in [6, 6.07) is 0. The zero-order chi connectivity index (χ0) is 15.8. The van der Waals surface area contributed by atoms with Crippen LogP contribution in [0.3, 0.4) is 0 Å². The van der Waals surface area contributed by atoms with Gasteiger partial charge in [0, 0.05) is 19.3 Å². The van der Waals surface area contributed by atoms with E-state index < -0.39 is 0 Å². The van der Waals surface area contributed by atoms with E-state index in [1.165, 1.54) is 0 Å². The van der Waals surface area contributed by atoms with Gasteiger partial charge in [0.25, 0.3) is 0 Å². The minimum absolute atomic E-state index is 0. The van der Waals surface area contributed by atoms with Crippen LogP contribution in [0.15, 0.2) is 15.0 Å². The van der Waals surface area contributed by atoms with Gasteiger partial charge in [-0.15, -0.1) is 0 Å². The fourth-order valence-corrected chi connectivity index (χ4v) is 1.39. The average Bonchev–Trinajstić information content (AvgIpc) is 3.06. The third-order valence-corrected chi connectivity index (χ3v) is 2.41. The molecule has 3 rings (SSSR count). The van der Waals surface area contributed by atoms with Crippen LogP contribution in [0.4, 0.5) is 0 Å². The van der Waals surface area contributed by atoms with Gasteiger partial charge in [0.15, 0.2) is 0 Å². The summed E-state index contributed by atoms with van der Waals surface area (Å²) in [4.78, 5) is 39.5. The van der Waals surface area contributed by atoms with Gasteiger partial charge in [-0.05, 0) is 37.0 Å². The van der Waals surface area contributed by atoms with Gasteiger partial charge in [-0.25, -0.2) is 15.0 Å². The number of carbonyl (C=O) groups excluding carboxylic acids is 3. The molecule has 0 saturated heterocycles. The molecule has 0 fully saturated rings. The Kier molecular flexibility index (Phi) is 9.32. The summed E-state index contributed by atoms with van der Waals surface area (Å²) in [6.07, 6.45) is 1.91. The summed E-state index contributed by atoms with van der Waals surface area (Å²) >= 11 is 0. The fraction of sp³-hybridized carbons (Fsp3) is 0.500. The molecular formula is C12H12BiN3O6. The number of amides is 3. The predicted molar refractivity (Wildman–Crippen MR) is 70.8 cm³/mol. The minimum atomic E-state index is -0.273. The number of hydrogen-bond acceptors (Lipinski definition) is 6. The van der Waals surface area contributed by atoms with Gasteiger partial charge in [0.2, 0.25) is 17.7 Å². The van der Waals surface area contributed by atoms with E-state index >= 15 is 0 Å². The maximum absolute atomic E-state index is 10.1. The van der Waals surface area contributed by atoms with Crippen LogP contribution in [0.2, 0.25) is 0 Å². The van der Waals surface area contributed by atoms with E-state index in [-0.39, 0.29) is 61.6 Å². The van der Waals surface area contributed by atoms with Crippen molar-refractivity contribution in [3.63, 3.8) is 0 Å². The summed E-state index contributed by atoms with van der Waals surface area (Å²) < 4.78 is 0. The van der Waals surface area contributed by atoms with Gasteiger partial charge in [-0.3, -0.25) is 14.4 Å². The smallest absolute Gasteiger partial charge is 0.862 e. The van der Waals surface area contributed by atoms with Crippen LogP contribution in [-0.4, -0.2) is 61.6 Å². The number of rotatable bonds is 0. The molecule has 0 atom stereocenters. The Bertz CT molecular complexity index is 465. The third-order valence-electron chi connectivity index (χ3n) is 2.41. The Balaban J connectivity index is 0.000000294. The first-order valence-electron chi connectivity index (χ1n) is 6.19. The van der Waals surface area contributed by atoms with Crippen molar-refractivity contribution in [1.29, 1.82) is 0 Å². The Morgan fingerprint density at radius 3 is 0.818 bits per heavy atom. The van der Waals surface area contributed by atoms with Gasteiger partial charge >= 0.3 is 26.2 Å². The van der Waals surface area contributed by atoms with E-state index in [0.29, 0.717) is 38.5 Å². The van der Waals surface area contributed by atoms with E-state index in [0.717, 1.165) is 0 Å². The van der Waals surface area contributed by atoms with Crippen LogP contribution in [-0.2, 0) is 14.4 Å². The Morgan fingerprint density at radius 1 is 0.545 bits per heavy atom. The quantitative estimate of drug-likeness (QED) is 0.317. The normalized spacial score (nSPS) is 19.1. The van der Waals surface area contributed by atoms with Gasteiger partial charge in [0.1, 0.15) is 0 Å². The number of carbonyl (C=O) groups is 3. The molecule has 0 N–H and O–H groups in total. The summed E-state index contributed by atoms with van der Waals surface area (Å²) in [5.41, 5.74) is 0. The standard InChI is InChI=1S/3C4H5NO2.Bi/c3*6-3-1-2-4(7)5-3;/h3*1-2H2,(H,5,6,7);/q;;;+3/p-3. The van der Waals surface area contributed by atoms with Crippen LogP contribution in [0.25, 0.3) is 0 Å². The van der Waals surface area contributed by atoms with Crippen molar-refractivity contribution in [2.24, 2.45) is 15.0 Å². The second-order valence-electron chi connectivity index (χ2n) is 4.20. The summed E-state index contributed by atoms with van der Waals surface area (Å²) in [5, 5.41) is 30.2. The molecule has 22 heavy (non-hydrogen) atoms. The second-order valence-corrected chi connectivity index (χ2v) is 4.20. The van der Waals surface area contributed by atoms with Crippen LogP contribution < -0.4 is 15.3 Å². The molecule has 3 aliphatic rings. The monoisotopic (exact) mass is 503 g/mol. The third kappa shape index (κ3) is 8.56.